The minimum atomic E-state index is -4.45. The van der Waals surface area contributed by atoms with Crippen LogP contribution < -0.4 is 0 Å². The molecule has 5 heteroatoms. The van der Waals surface area contributed by atoms with Crippen molar-refractivity contribution in [3.05, 3.63) is 166 Å². The summed E-state index contributed by atoms with van der Waals surface area (Å²) < 4.78 is 12.1. The van der Waals surface area contributed by atoms with Gasteiger partial charge in [-0.15, -0.1) is 0 Å². The van der Waals surface area contributed by atoms with E-state index in [0.29, 0.717) is 0 Å². The van der Waals surface area contributed by atoms with Gasteiger partial charge in [0.25, 0.3) is 0 Å². The molecule has 0 spiro atoms. The quantitative estimate of drug-likeness (QED) is 0.171. The van der Waals surface area contributed by atoms with Crippen molar-refractivity contribution >= 4 is 40.3 Å². The third-order valence-corrected chi connectivity index (χ3v) is 21.6. The van der Waals surface area contributed by atoms with Crippen molar-refractivity contribution in [2.24, 2.45) is 0 Å². The Labute approximate surface area is 281 Å². The van der Waals surface area contributed by atoms with Gasteiger partial charge < -0.3 is 0 Å². The second kappa shape index (κ2) is 11.6. The summed E-state index contributed by atoms with van der Waals surface area (Å²) in [6.07, 6.45) is 6.31. The molecule has 2 aliphatic rings. The molecule has 226 valence electrons. The second-order valence-electron chi connectivity index (χ2n) is 12.4. The Kier molecular flexibility index (Phi) is 7.48. The van der Waals surface area contributed by atoms with E-state index in [9.17, 15) is 0 Å². The van der Waals surface area contributed by atoms with E-state index in [1.807, 2.05) is 25.1 Å². The van der Waals surface area contributed by atoms with Gasteiger partial charge in [0.2, 0.25) is 0 Å². The number of halogens is 2. The third kappa shape index (κ3) is 4.79. The van der Waals surface area contributed by atoms with E-state index in [2.05, 4.69) is 117 Å². The summed E-state index contributed by atoms with van der Waals surface area (Å²) in [5.74, 6) is 2.50. The average molecular weight is 719 g/mol. The van der Waals surface area contributed by atoms with Gasteiger partial charge in [0.1, 0.15) is 0 Å². The van der Waals surface area contributed by atoms with Crippen LogP contribution in [0.1, 0.15) is 57.9 Å². The first-order chi connectivity index (χ1) is 22.3. The number of furan rings is 2. The van der Waals surface area contributed by atoms with Crippen LogP contribution in [0.15, 0.2) is 124 Å². The summed E-state index contributed by atoms with van der Waals surface area (Å²) in [5.41, 5.74) is 14.0. The van der Waals surface area contributed by atoms with E-state index >= 15 is 0 Å². The van der Waals surface area contributed by atoms with Crippen LogP contribution in [0, 0.1) is 20.8 Å². The van der Waals surface area contributed by atoms with Gasteiger partial charge in [0.15, 0.2) is 0 Å². The molecule has 0 N–H and O–H groups in total. The van der Waals surface area contributed by atoms with Crippen molar-refractivity contribution in [1.82, 2.24) is 0 Å². The first kappa shape index (κ1) is 29.8. The summed E-state index contributed by atoms with van der Waals surface area (Å²) in [5, 5.41) is 0. The number of rotatable bonds is 6. The fourth-order valence-corrected chi connectivity index (χ4v) is 20.4. The van der Waals surface area contributed by atoms with Gasteiger partial charge in [-0.2, -0.15) is 0 Å². The average Bonchev–Trinajstić information content (AvgIpc) is 3.87. The normalized spacial score (nSPS) is 17.1. The van der Waals surface area contributed by atoms with E-state index in [1.165, 1.54) is 55.6 Å². The van der Waals surface area contributed by atoms with Crippen LogP contribution in [0.4, 0.5) is 0 Å². The summed E-state index contributed by atoms with van der Waals surface area (Å²) in [4.78, 5) is 0. The molecule has 2 unspecified atom stereocenters. The van der Waals surface area contributed by atoms with Crippen molar-refractivity contribution in [2.75, 3.05) is 0 Å². The van der Waals surface area contributed by atoms with Crippen LogP contribution in [-0.2, 0) is 17.9 Å². The minimum absolute atomic E-state index is 0.182. The number of aryl methyl sites for hydroxylation is 3. The molecule has 2 aromatic heterocycles. The van der Waals surface area contributed by atoms with Gasteiger partial charge in [-0.3, -0.25) is 0 Å². The Hall–Kier alpha value is -3.62. The predicted octanol–water partition coefficient (Wildman–Crippen LogP) is 12.5. The number of benzene rings is 4. The zero-order valence-electron chi connectivity index (χ0n) is 25.9. The van der Waals surface area contributed by atoms with Gasteiger partial charge >= 0.3 is 283 Å². The second-order valence-corrected chi connectivity index (χ2v) is 27.1. The summed E-state index contributed by atoms with van der Waals surface area (Å²) >= 11 is -4.45. The molecule has 2 nitrogen and oxygen atoms in total. The molecule has 0 bridgehead atoms. The van der Waals surface area contributed by atoms with E-state index in [0.717, 1.165) is 28.4 Å². The fourth-order valence-electron chi connectivity index (χ4n) is 7.55. The number of allylic oxidation sites excluding steroid dienone is 2. The maximum atomic E-state index is 8.15. The molecule has 0 fully saturated rings. The van der Waals surface area contributed by atoms with Crippen molar-refractivity contribution in [3.8, 4) is 22.3 Å². The molecular weight excluding hydrogens is 687 g/mol. The molecule has 4 aromatic carbocycles. The Balaban J connectivity index is 1.37. The molecular formula is C41H32Cl2O2Zr. The van der Waals surface area contributed by atoms with Crippen molar-refractivity contribution in [2.45, 2.75) is 28.0 Å². The monoisotopic (exact) mass is 716 g/mol. The molecule has 0 aliphatic heterocycles. The molecule has 8 rings (SSSR count). The predicted molar refractivity (Wildman–Crippen MR) is 188 cm³/mol. The van der Waals surface area contributed by atoms with Gasteiger partial charge in [0, 0.05) is 0 Å². The van der Waals surface area contributed by atoms with Crippen LogP contribution in [0.25, 0.3) is 45.6 Å². The van der Waals surface area contributed by atoms with Crippen LogP contribution in [0.5, 0.6) is 0 Å². The van der Waals surface area contributed by atoms with Gasteiger partial charge in [-0.05, 0) is 0 Å². The Bertz CT molecular complexity index is 2160. The molecule has 6 aromatic rings. The van der Waals surface area contributed by atoms with Gasteiger partial charge in [0.05, 0.1) is 0 Å². The number of fused-ring (bicyclic) bond motifs is 2. The Morgan fingerprint density at radius 3 is 1.52 bits per heavy atom. The van der Waals surface area contributed by atoms with Crippen LogP contribution in [-0.4, -0.2) is 0 Å². The summed E-state index contributed by atoms with van der Waals surface area (Å²) in [6, 6.07) is 38.2. The van der Waals surface area contributed by atoms with Crippen molar-refractivity contribution in [1.29, 1.82) is 0 Å². The SMILES string of the molecule is Cc1ccc(C2=Cc3c(ccc(C)c3-c3ccccc3)[CH]2[Zr]([Cl])([Cl])[CH]2C(c3ccco3)=Cc3c2ccc(C)c3-c2ccccc2)o1. The van der Waals surface area contributed by atoms with Gasteiger partial charge in [-0.1, -0.05) is 0 Å². The van der Waals surface area contributed by atoms with Gasteiger partial charge in [-0.25, -0.2) is 0 Å². The first-order valence-corrected chi connectivity index (χ1v) is 24.8. The van der Waals surface area contributed by atoms with Crippen LogP contribution in [0.2, 0.25) is 0 Å². The zero-order valence-corrected chi connectivity index (χ0v) is 29.8. The first-order valence-electron chi connectivity index (χ1n) is 15.6. The molecule has 0 saturated carbocycles. The number of hydrogen-bond acceptors (Lipinski definition) is 2. The van der Waals surface area contributed by atoms with Crippen molar-refractivity contribution in [3.63, 3.8) is 0 Å². The molecule has 2 heterocycles. The summed E-state index contributed by atoms with van der Waals surface area (Å²) in [7, 11) is 16.3. The Morgan fingerprint density at radius 2 is 1.07 bits per heavy atom. The van der Waals surface area contributed by atoms with Crippen LogP contribution >= 0.6 is 17.0 Å². The van der Waals surface area contributed by atoms with E-state index in [-0.39, 0.29) is 7.25 Å². The topological polar surface area (TPSA) is 26.3 Å². The Morgan fingerprint density at radius 1 is 0.543 bits per heavy atom. The summed E-state index contributed by atoms with van der Waals surface area (Å²) in [6.45, 7) is 6.34. The van der Waals surface area contributed by atoms with Crippen LogP contribution in [0.3, 0.4) is 0 Å². The molecule has 2 aliphatic carbocycles. The van der Waals surface area contributed by atoms with E-state index < -0.39 is 17.9 Å². The van der Waals surface area contributed by atoms with E-state index in [4.69, 9.17) is 25.9 Å². The number of hydrogen-bond donors (Lipinski definition) is 0. The molecule has 0 amide bonds. The zero-order chi connectivity index (χ0) is 31.6. The van der Waals surface area contributed by atoms with E-state index in [1.54, 1.807) is 6.26 Å². The molecule has 2 atom stereocenters. The fraction of sp³-hybridized carbons (Fsp3) is 0.122. The molecule has 0 saturated heterocycles. The standard InChI is InChI=1S/C21H17O.C20H15O.2ClH.Zr/c1-14-8-10-17-12-18(20-11-9-15(2)22-20)13-19(17)21(14)16-6-4-3-5-7-16;1-14-9-10-16-12-17(19-8-5-11-21-19)13-18(16)20(14)15-6-3-2-4-7-15;;;/h3-13H,1-2H3;2-13H,1H3;2*1H;/q;;;;+2/p-2. The molecule has 46 heavy (non-hydrogen) atoms. The molecule has 0 radical (unpaired) electrons. The maximum absolute atomic E-state index is 8.15. The third-order valence-electron chi connectivity index (χ3n) is 9.54. The van der Waals surface area contributed by atoms with Crippen molar-refractivity contribution < 1.29 is 26.7 Å².